The predicted octanol–water partition coefficient (Wildman–Crippen LogP) is 6.30. The van der Waals surface area contributed by atoms with Gasteiger partial charge in [-0.15, -0.1) is 0 Å². The Morgan fingerprint density at radius 2 is 1.50 bits per heavy atom. The average molecular weight is 228 g/mol. The van der Waals surface area contributed by atoms with Crippen molar-refractivity contribution in [2.24, 2.45) is 17.8 Å². The van der Waals surface area contributed by atoms with Gasteiger partial charge in [0.2, 0.25) is 0 Å². The first-order valence-electron chi connectivity index (χ1n) is 7.74. The Bertz CT molecular complexity index is 117. The van der Waals surface area contributed by atoms with Crippen molar-refractivity contribution in [1.29, 1.82) is 0 Å². The predicted molar refractivity (Wildman–Crippen MR) is 77.9 cm³/mol. The monoisotopic (exact) mass is 228 g/mol. The number of hydrogen-bond donors (Lipinski definition) is 0. The minimum Gasteiger partial charge on any atom is -0.0683 e. The lowest BCUT2D eigenvalue weighted by molar-refractivity contribution is 0.190. The molecule has 0 amide bonds. The molecule has 1 fully saturated rings. The SMILES string of the molecule is CC.CC.CCCCC1CC(C)CCC1C. The largest absolute Gasteiger partial charge is 0.0683 e. The molecule has 16 heavy (non-hydrogen) atoms. The van der Waals surface area contributed by atoms with Crippen LogP contribution in [-0.4, -0.2) is 0 Å². The summed E-state index contributed by atoms with van der Waals surface area (Å²) < 4.78 is 0. The maximum atomic E-state index is 2.45. The Kier molecular flexibility index (Phi) is 15.0. The highest BCUT2D eigenvalue weighted by Crippen LogP contribution is 2.36. The molecule has 0 radical (unpaired) electrons. The first-order valence-corrected chi connectivity index (χ1v) is 7.74. The van der Waals surface area contributed by atoms with Crippen LogP contribution in [0.25, 0.3) is 0 Å². The molecule has 0 spiro atoms. The number of hydrogen-bond acceptors (Lipinski definition) is 0. The molecule has 1 aliphatic rings. The second-order valence-corrected chi connectivity index (χ2v) is 4.80. The molecule has 0 aromatic carbocycles. The summed E-state index contributed by atoms with van der Waals surface area (Å²) in [5, 5.41) is 0. The molecular formula is C16H36. The van der Waals surface area contributed by atoms with E-state index in [1.54, 1.807) is 0 Å². The van der Waals surface area contributed by atoms with Crippen LogP contribution >= 0.6 is 0 Å². The molecular weight excluding hydrogens is 192 g/mol. The molecule has 0 nitrogen and oxygen atoms in total. The summed E-state index contributed by atoms with van der Waals surface area (Å²) in [7, 11) is 0. The third kappa shape index (κ3) is 8.19. The summed E-state index contributed by atoms with van der Waals surface area (Å²) in [6.07, 6.45) is 8.77. The van der Waals surface area contributed by atoms with Crippen LogP contribution in [0.3, 0.4) is 0 Å². The van der Waals surface area contributed by atoms with Gasteiger partial charge in [0.05, 0.1) is 0 Å². The van der Waals surface area contributed by atoms with Crippen LogP contribution in [0, 0.1) is 17.8 Å². The van der Waals surface area contributed by atoms with Crippen LogP contribution in [0.4, 0.5) is 0 Å². The van der Waals surface area contributed by atoms with Gasteiger partial charge in [0, 0.05) is 0 Å². The van der Waals surface area contributed by atoms with E-state index < -0.39 is 0 Å². The zero-order chi connectivity index (χ0) is 13.0. The molecule has 0 heterocycles. The van der Waals surface area contributed by atoms with E-state index in [0.717, 1.165) is 17.8 Å². The maximum absolute atomic E-state index is 2.45. The smallest absolute Gasteiger partial charge is 0.0386 e. The minimum absolute atomic E-state index is 1.00. The van der Waals surface area contributed by atoms with Gasteiger partial charge in [0.15, 0.2) is 0 Å². The van der Waals surface area contributed by atoms with Crippen LogP contribution in [0.2, 0.25) is 0 Å². The zero-order valence-corrected chi connectivity index (χ0v) is 13.0. The first kappa shape index (κ1) is 18.4. The normalized spacial score (nSPS) is 28.3. The summed E-state index contributed by atoms with van der Waals surface area (Å²) in [6, 6.07) is 0. The van der Waals surface area contributed by atoms with Gasteiger partial charge in [-0.25, -0.2) is 0 Å². The lowest BCUT2D eigenvalue weighted by atomic mass is 9.73. The van der Waals surface area contributed by atoms with E-state index in [0.29, 0.717) is 0 Å². The van der Waals surface area contributed by atoms with Gasteiger partial charge < -0.3 is 0 Å². The first-order chi connectivity index (χ1) is 7.74. The van der Waals surface area contributed by atoms with E-state index in [4.69, 9.17) is 0 Å². The Morgan fingerprint density at radius 1 is 0.938 bits per heavy atom. The van der Waals surface area contributed by atoms with Crippen LogP contribution in [0.15, 0.2) is 0 Å². The second kappa shape index (κ2) is 13.1. The highest BCUT2D eigenvalue weighted by molar-refractivity contribution is 4.75. The van der Waals surface area contributed by atoms with Gasteiger partial charge in [-0.2, -0.15) is 0 Å². The molecule has 0 aliphatic heterocycles. The van der Waals surface area contributed by atoms with Crippen molar-refractivity contribution in [3.8, 4) is 0 Å². The van der Waals surface area contributed by atoms with Crippen LogP contribution < -0.4 is 0 Å². The molecule has 1 aliphatic carbocycles. The Hall–Kier alpha value is 0. The molecule has 0 N–H and O–H groups in total. The maximum Gasteiger partial charge on any atom is -0.0386 e. The molecule has 1 rings (SSSR count). The van der Waals surface area contributed by atoms with Crippen molar-refractivity contribution in [3.05, 3.63) is 0 Å². The lowest BCUT2D eigenvalue weighted by Crippen LogP contribution is -2.21. The fourth-order valence-electron chi connectivity index (χ4n) is 2.52. The summed E-state index contributed by atoms with van der Waals surface area (Å²) in [5.41, 5.74) is 0. The van der Waals surface area contributed by atoms with E-state index in [1.165, 1.54) is 38.5 Å². The standard InChI is InChI=1S/C12H24.2C2H6/c1-4-5-6-12-9-10(2)7-8-11(12)3;2*1-2/h10-12H,4-9H2,1-3H3;2*1-2H3. The fraction of sp³-hybridized carbons (Fsp3) is 1.00. The van der Waals surface area contributed by atoms with Crippen molar-refractivity contribution in [1.82, 2.24) is 0 Å². The summed E-state index contributed by atoms with van der Waals surface area (Å²) in [4.78, 5) is 0. The van der Waals surface area contributed by atoms with Gasteiger partial charge in [-0.1, -0.05) is 80.6 Å². The number of unbranched alkanes of at least 4 members (excludes halogenated alkanes) is 1. The molecule has 0 aromatic heterocycles. The van der Waals surface area contributed by atoms with Gasteiger partial charge >= 0.3 is 0 Å². The Balaban J connectivity index is 0. The third-order valence-corrected chi connectivity index (χ3v) is 3.55. The number of rotatable bonds is 3. The van der Waals surface area contributed by atoms with Gasteiger partial charge in [-0.05, 0) is 24.2 Å². The average Bonchev–Trinajstić information content (AvgIpc) is 2.35. The van der Waals surface area contributed by atoms with Crippen LogP contribution in [-0.2, 0) is 0 Å². The minimum atomic E-state index is 1.00. The highest BCUT2D eigenvalue weighted by atomic mass is 14.3. The molecule has 0 bridgehead atoms. The third-order valence-electron chi connectivity index (χ3n) is 3.55. The van der Waals surface area contributed by atoms with Crippen molar-refractivity contribution in [2.45, 2.75) is 87.0 Å². The van der Waals surface area contributed by atoms with E-state index in [1.807, 2.05) is 27.7 Å². The summed E-state index contributed by atoms with van der Waals surface area (Å²) in [5.74, 6) is 3.06. The second-order valence-electron chi connectivity index (χ2n) is 4.80. The van der Waals surface area contributed by atoms with E-state index in [2.05, 4.69) is 20.8 Å². The Labute approximate surface area is 105 Å². The molecule has 0 aromatic rings. The van der Waals surface area contributed by atoms with E-state index >= 15 is 0 Å². The zero-order valence-electron chi connectivity index (χ0n) is 13.0. The quantitative estimate of drug-likeness (QED) is 0.531. The molecule has 100 valence electrons. The van der Waals surface area contributed by atoms with Gasteiger partial charge in [0.25, 0.3) is 0 Å². The van der Waals surface area contributed by atoms with Crippen molar-refractivity contribution >= 4 is 0 Å². The topological polar surface area (TPSA) is 0 Å². The van der Waals surface area contributed by atoms with Crippen molar-refractivity contribution < 1.29 is 0 Å². The van der Waals surface area contributed by atoms with E-state index in [9.17, 15) is 0 Å². The fourth-order valence-corrected chi connectivity index (χ4v) is 2.52. The Morgan fingerprint density at radius 3 is 2.00 bits per heavy atom. The highest BCUT2D eigenvalue weighted by Gasteiger charge is 2.24. The van der Waals surface area contributed by atoms with E-state index in [-0.39, 0.29) is 0 Å². The van der Waals surface area contributed by atoms with Crippen LogP contribution in [0.5, 0.6) is 0 Å². The van der Waals surface area contributed by atoms with Crippen molar-refractivity contribution in [2.75, 3.05) is 0 Å². The molecule has 3 unspecified atom stereocenters. The van der Waals surface area contributed by atoms with Crippen LogP contribution in [0.1, 0.15) is 87.0 Å². The van der Waals surface area contributed by atoms with Gasteiger partial charge in [-0.3, -0.25) is 0 Å². The molecule has 3 atom stereocenters. The summed E-state index contributed by atoms with van der Waals surface area (Å²) >= 11 is 0. The van der Waals surface area contributed by atoms with Crippen molar-refractivity contribution in [3.63, 3.8) is 0 Å². The van der Waals surface area contributed by atoms with Gasteiger partial charge in [0.1, 0.15) is 0 Å². The lowest BCUT2D eigenvalue weighted by Gasteiger charge is -2.32. The molecule has 0 heteroatoms. The summed E-state index contributed by atoms with van der Waals surface area (Å²) in [6.45, 7) is 15.2. The molecule has 1 saturated carbocycles. The molecule has 0 saturated heterocycles.